The normalized spacial score (nSPS) is 20.0. The number of fused-ring (bicyclic) bond motifs is 1. The summed E-state index contributed by atoms with van der Waals surface area (Å²) in [5.74, 6) is 0.858. The molecule has 0 saturated heterocycles. The lowest BCUT2D eigenvalue weighted by molar-refractivity contribution is 0.0674. The van der Waals surface area contributed by atoms with E-state index in [1.165, 1.54) is 6.42 Å². The van der Waals surface area contributed by atoms with E-state index in [0.29, 0.717) is 11.7 Å². The maximum absolute atomic E-state index is 11.2. The number of carboxylic acids is 1. The molecule has 0 spiro atoms. The van der Waals surface area contributed by atoms with Crippen molar-refractivity contribution < 1.29 is 9.90 Å². The Labute approximate surface area is 91.7 Å². The van der Waals surface area contributed by atoms with Crippen molar-refractivity contribution in [3.63, 3.8) is 0 Å². The van der Waals surface area contributed by atoms with Gasteiger partial charge >= 0.3 is 5.97 Å². The minimum Gasteiger partial charge on any atom is -0.477 e. The molecule has 0 aromatic carbocycles. The number of carbonyl (C=O) groups is 1. The summed E-state index contributed by atoms with van der Waals surface area (Å²) in [4.78, 5) is 11.2. The molecule has 1 aromatic heterocycles. The molecule has 3 rings (SSSR count). The second-order valence-corrected chi connectivity index (χ2v) is 5.09. The van der Waals surface area contributed by atoms with E-state index in [2.05, 4.69) is 5.10 Å². The molecule has 5 heteroatoms. The largest absolute Gasteiger partial charge is 0.477 e. The Morgan fingerprint density at radius 2 is 2.27 bits per heavy atom. The van der Waals surface area contributed by atoms with Crippen LogP contribution in [0.2, 0.25) is 0 Å². The van der Waals surface area contributed by atoms with Gasteiger partial charge in [0.2, 0.25) is 0 Å². The van der Waals surface area contributed by atoms with Crippen LogP contribution in [0.4, 0.5) is 0 Å². The highest BCUT2D eigenvalue weighted by atomic mass is 32.2. The molecule has 2 heterocycles. The van der Waals surface area contributed by atoms with E-state index in [4.69, 9.17) is 0 Å². The van der Waals surface area contributed by atoms with Crippen LogP contribution in [-0.4, -0.2) is 20.9 Å². The molecule has 80 valence electrons. The van der Waals surface area contributed by atoms with E-state index in [0.717, 1.165) is 35.6 Å². The van der Waals surface area contributed by atoms with E-state index in [-0.39, 0.29) is 0 Å². The van der Waals surface area contributed by atoms with Crippen molar-refractivity contribution in [1.82, 2.24) is 9.78 Å². The first-order valence-corrected chi connectivity index (χ1v) is 6.34. The molecule has 0 bridgehead atoms. The average molecular weight is 224 g/mol. The molecule has 1 aromatic rings. The van der Waals surface area contributed by atoms with Gasteiger partial charge in [-0.25, -0.2) is 4.79 Å². The third-order valence-corrected chi connectivity index (χ3v) is 4.17. The van der Waals surface area contributed by atoms with E-state index in [9.17, 15) is 9.90 Å². The maximum Gasteiger partial charge on any atom is 0.354 e. The molecule has 0 radical (unpaired) electrons. The van der Waals surface area contributed by atoms with Crippen molar-refractivity contribution in [3.8, 4) is 0 Å². The van der Waals surface area contributed by atoms with Gasteiger partial charge in [-0.05, 0) is 19.3 Å². The van der Waals surface area contributed by atoms with E-state index < -0.39 is 5.97 Å². The molecule has 0 amide bonds. The van der Waals surface area contributed by atoms with Crippen LogP contribution in [-0.2, 0) is 11.5 Å². The molecular formula is C10H12N2O2S. The summed E-state index contributed by atoms with van der Waals surface area (Å²) in [6.45, 7) is 0. The van der Waals surface area contributed by atoms with Crippen LogP contribution in [0, 0.1) is 0 Å². The van der Waals surface area contributed by atoms with Gasteiger partial charge in [-0.3, -0.25) is 4.68 Å². The fraction of sp³-hybridized carbons (Fsp3) is 0.600. The second-order valence-electron chi connectivity index (χ2n) is 4.10. The monoisotopic (exact) mass is 224 g/mol. The molecule has 0 unspecified atom stereocenters. The zero-order chi connectivity index (χ0) is 10.4. The summed E-state index contributed by atoms with van der Waals surface area (Å²) in [5.41, 5.74) is 2.39. The lowest BCUT2D eigenvalue weighted by Gasteiger charge is -2.26. The zero-order valence-corrected chi connectivity index (χ0v) is 9.09. The highest BCUT2D eigenvalue weighted by Gasteiger charge is 2.31. The van der Waals surface area contributed by atoms with Crippen molar-refractivity contribution in [2.24, 2.45) is 0 Å². The van der Waals surface area contributed by atoms with Gasteiger partial charge in [0.05, 0.1) is 11.7 Å². The number of rotatable bonds is 2. The van der Waals surface area contributed by atoms with Crippen LogP contribution in [0.1, 0.15) is 47.1 Å². The average Bonchev–Trinajstić information content (AvgIpc) is 2.58. The van der Waals surface area contributed by atoms with Gasteiger partial charge in [0, 0.05) is 17.1 Å². The first-order valence-electron chi connectivity index (χ1n) is 5.18. The van der Waals surface area contributed by atoms with E-state index in [1.54, 1.807) is 16.4 Å². The molecule has 4 nitrogen and oxygen atoms in total. The SMILES string of the molecule is O=C(O)c1c2c(nn1C1CCC1)CSC2. The third kappa shape index (κ3) is 1.29. The minimum atomic E-state index is -0.821. The van der Waals surface area contributed by atoms with Crippen molar-refractivity contribution in [1.29, 1.82) is 0 Å². The quantitative estimate of drug-likeness (QED) is 0.835. The van der Waals surface area contributed by atoms with Gasteiger partial charge in [-0.2, -0.15) is 16.9 Å². The Morgan fingerprint density at radius 3 is 2.87 bits per heavy atom. The van der Waals surface area contributed by atoms with Crippen molar-refractivity contribution in [2.75, 3.05) is 0 Å². The van der Waals surface area contributed by atoms with Crippen LogP contribution in [0.5, 0.6) is 0 Å². The highest BCUT2D eigenvalue weighted by Crippen LogP contribution is 2.37. The van der Waals surface area contributed by atoms with Crippen molar-refractivity contribution in [2.45, 2.75) is 36.8 Å². The van der Waals surface area contributed by atoms with Crippen LogP contribution in [0.15, 0.2) is 0 Å². The standard InChI is InChI=1S/C10H12N2O2S/c13-10(14)9-7-4-15-5-8(7)11-12(9)6-2-1-3-6/h6H,1-5H2,(H,13,14). The van der Waals surface area contributed by atoms with Gasteiger partial charge in [0.25, 0.3) is 0 Å². The first kappa shape index (κ1) is 9.27. The molecule has 1 aliphatic heterocycles. The summed E-state index contributed by atoms with van der Waals surface area (Å²) in [7, 11) is 0. The van der Waals surface area contributed by atoms with Gasteiger partial charge < -0.3 is 5.11 Å². The number of aromatic nitrogens is 2. The summed E-state index contributed by atoms with van der Waals surface area (Å²) >= 11 is 1.75. The Bertz CT molecular complexity index is 423. The first-order chi connectivity index (χ1) is 7.27. The fourth-order valence-electron chi connectivity index (χ4n) is 2.16. The number of nitrogens with zero attached hydrogens (tertiary/aromatic N) is 2. The Hall–Kier alpha value is -0.970. The Morgan fingerprint density at radius 1 is 1.47 bits per heavy atom. The number of hydrogen-bond acceptors (Lipinski definition) is 3. The molecule has 1 saturated carbocycles. The van der Waals surface area contributed by atoms with Crippen LogP contribution >= 0.6 is 11.8 Å². The highest BCUT2D eigenvalue weighted by molar-refractivity contribution is 7.98. The molecule has 1 aliphatic carbocycles. The lowest BCUT2D eigenvalue weighted by Crippen LogP contribution is -2.22. The maximum atomic E-state index is 11.2. The molecule has 0 atom stereocenters. The summed E-state index contributed by atoms with van der Waals surface area (Å²) < 4.78 is 1.76. The van der Waals surface area contributed by atoms with Crippen LogP contribution < -0.4 is 0 Å². The number of hydrogen-bond donors (Lipinski definition) is 1. The van der Waals surface area contributed by atoms with Crippen LogP contribution in [0.3, 0.4) is 0 Å². The third-order valence-electron chi connectivity index (χ3n) is 3.20. The molecule has 1 fully saturated rings. The molecule has 15 heavy (non-hydrogen) atoms. The van der Waals surface area contributed by atoms with Crippen molar-refractivity contribution in [3.05, 3.63) is 17.0 Å². The minimum absolute atomic E-state index is 0.340. The van der Waals surface area contributed by atoms with E-state index >= 15 is 0 Å². The Kier molecular flexibility index (Phi) is 2.02. The van der Waals surface area contributed by atoms with Crippen molar-refractivity contribution >= 4 is 17.7 Å². The van der Waals surface area contributed by atoms with Gasteiger partial charge in [-0.15, -0.1) is 0 Å². The second kappa shape index (κ2) is 3.27. The topological polar surface area (TPSA) is 55.1 Å². The molecular weight excluding hydrogens is 212 g/mol. The smallest absolute Gasteiger partial charge is 0.354 e. The number of thioether (sulfide) groups is 1. The summed E-state index contributed by atoms with van der Waals surface area (Å²) in [5, 5.41) is 13.7. The Balaban J connectivity index is 2.09. The molecule has 2 aliphatic rings. The van der Waals surface area contributed by atoms with Gasteiger partial charge in [0.15, 0.2) is 5.69 Å². The fourth-order valence-corrected chi connectivity index (χ4v) is 3.19. The number of carboxylic acid groups (broad SMARTS) is 1. The predicted molar refractivity (Wildman–Crippen MR) is 57.1 cm³/mol. The zero-order valence-electron chi connectivity index (χ0n) is 8.27. The lowest BCUT2D eigenvalue weighted by atomic mass is 9.93. The summed E-state index contributed by atoms with van der Waals surface area (Å²) in [6.07, 6.45) is 3.35. The summed E-state index contributed by atoms with van der Waals surface area (Å²) in [6, 6.07) is 0.340. The van der Waals surface area contributed by atoms with Gasteiger partial charge in [-0.1, -0.05) is 0 Å². The predicted octanol–water partition coefficient (Wildman–Crippen LogP) is 2.05. The number of aromatic carboxylic acids is 1. The van der Waals surface area contributed by atoms with Crippen LogP contribution in [0.25, 0.3) is 0 Å². The van der Waals surface area contributed by atoms with Gasteiger partial charge in [0.1, 0.15) is 0 Å². The molecule has 1 N–H and O–H groups in total. The van der Waals surface area contributed by atoms with E-state index in [1.807, 2.05) is 0 Å².